The Hall–Kier alpha value is -0.610. The molecule has 4 heteroatoms. The minimum Gasteiger partial charge on any atom is -0.394 e. The summed E-state index contributed by atoms with van der Waals surface area (Å²) in [5.41, 5.74) is 0. The fraction of sp³-hybridized carbons (Fsp3) is 0.909. The number of carbonyl (C=O) groups excluding carboxylic acids is 1. The molecule has 0 saturated carbocycles. The molecule has 2 atom stereocenters. The van der Waals surface area contributed by atoms with Crippen LogP contribution in [0.5, 0.6) is 0 Å². The lowest BCUT2D eigenvalue weighted by Gasteiger charge is -2.24. The second-order valence-corrected chi connectivity index (χ2v) is 4.33. The van der Waals surface area contributed by atoms with Crippen molar-refractivity contribution in [3.63, 3.8) is 0 Å². The van der Waals surface area contributed by atoms with Crippen LogP contribution in [0.4, 0.5) is 0 Å². The van der Waals surface area contributed by atoms with Crippen molar-refractivity contribution >= 4 is 5.91 Å². The van der Waals surface area contributed by atoms with Gasteiger partial charge in [0.2, 0.25) is 5.91 Å². The number of nitrogens with zero attached hydrogens (tertiary/aromatic N) is 1. The molecular formula is C11H21NO3. The van der Waals surface area contributed by atoms with Crippen molar-refractivity contribution in [2.75, 3.05) is 26.9 Å². The van der Waals surface area contributed by atoms with Crippen molar-refractivity contribution in [3.8, 4) is 0 Å². The first-order chi connectivity index (χ1) is 7.19. The van der Waals surface area contributed by atoms with Gasteiger partial charge < -0.3 is 14.7 Å². The second kappa shape index (κ2) is 6.08. The van der Waals surface area contributed by atoms with Crippen molar-refractivity contribution in [1.82, 2.24) is 4.90 Å². The zero-order chi connectivity index (χ0) is 11.3. The molecule has 0 aliphatic carbocycles. The maximum atomic E-state index is 11.9. The Kier molecular flexibility index (Phi) is 5.05. The molecule has 1 saturated heterocycles. The van der Waals surface area contributed by atoms with Crippen LogP contribution in [0.2, 0.25) is 0 Å². The Labute approximate surface area is 91.2 Å². The zero-order valence-electron chi connectivity index (χ0n) is 9.61. The Morgan fingerprint density at radius 2 is 2.40 bits per heavy atom. The lowest BCUT2D eigenvalue weighted by atomic mass is 10.1. The van der Waals surface area contributed by atoms with Crippen LogP contribution in [0.1, 0.15) is 26.2 Å². The van der Waals surface area contributed by atoms with E-state index in [1.165, 1.54) is 0 Å². The van der Waals surface area contributed by atoms with Crippen LogP contribution < -0.4 is 0 Å². The Bertz CT molecular complexity index is 208. The zero-order valence-corrected chi connectivity index (χ0v) is 9.61. The van der Waals surface area contributed by atoms with Crippen molar-refractivity contribution in [2.24, 2.45) is 5.92 Å². The van der Waals surface area contributed by atoms with Crippen LogP contribution in [0.3, 0.4) is 0 Å². The van der Waals surface area contributed by atoms with Gasteiger partial charge in [0.1, 0.15) is 0 Å². The van der Waals surface area contributed by atoms with Crippen LogP contribution in [0, 0.1) is 5.92 Å². The summed E-state index contributed by atoms with van der Waals surface area (Å²) < 4.78 is 5.00. The topological polar surface area (TPSA) is 49.8 Å². The minimum atomic E-state index is 0.0484. The number of aliphatic hydroxyl groups is 1. The molecule has 1 aliphatic heterocycles. The predicted molar refractivity (Wildman–Crippen MR) is 57.5 cm³/mol. The Balaban J connectivity index is 2.38. The van der Waals surface area contributed by atoms with Gasteiger partial charge in [0.05, 0.1) is 12.6 Å². The number of hydrogen-bond acceptors (Lipinski definition) is 3. The molecule has 1 rings (SSSR count). The summed E-state index contributed by atoms with van der Waals surface area (Å²) in [5.74, 6) is 0.401. The average Bonchev–Trinajstić information content (AvgIpc) is 2.65. The van der Waals surface area contributed by atoms with Crippen LogP contribution in [-0.2, 0) is 9.53 Å². The third-order valence-corrected chi connectivity index (χ3v) is 2.88. The van der Waals surface area contributed by atoms with Crippen LogP contribution in [-0.4, -0.2) is 48.8 Å². The van der Waals surface area contributed by atoms with Gasteiger partial charge in [0, 0.05) is 26.7 Å². The molecular weight excluding hydrogens is 194 g/mol. The summed E-state index contributed by atoms with van der Waals surface area (Å²) in [5, 5.41) is 9.10. The molecule has 1 heterocycles. The summed E-state index contributed by atoms with van der Waals surface area (Å²) >= 11 is 0. The van der Waals surface area contributed by atoms with E-state index in [9.17, 15) is 4.79 Å². The van der Waals surface area contributed by atoms with Crippen molar-refractivity contribution in [2.45, 2.75) is 32.2 Å². The minimum absolute atomic E-state index is 0.0484. The van der Waals surface area contributed by atoms with Gasteiger partial charge in [-0.05, 0) is 18.8 Å². The highest BCUT2D eigenvalue weighted by molar-refractivity contribution is 5.77. The summed E-state index contributed by atoms with van der Waals surface area (Å²) in [6.07, 6.45) is 2.46. The molecule has 15 heavy (non-hydrogen) atoms. The van der Waals surface area contributed by atoms with E-state index in [1.54, 1.807) is 7.11 Å². The second-order valence-electron chi connectivity index (χ2n) is 4.33. The highest BCUT2D eigenvalue weighted by atomic mass is 16.5. The molecule has 0 radical (unpaired) electrons. The molecule has 4 nitrogen and oxygen atoms in total. The Morgan fingerprint density at radius 1 is 1.67 bits per heavy atom. The van der Waals surface area contributed by atoms with E-state index in [4.69, 9.17) is 9.84 Å². The Morgan fingerprint density at radius 3 is 3.00 bits per heavy atom. The highest BCUT2D eigenvalue weighted by Crippen LogP contribution is 2.19. The summed E-state index contributed by atoms with van der Waals surface area (Å²) in [7, 11) is 1.65. The summed E-state index contributed by atoms with van der Waals surface area (Å²) in [6, 6.07) is 0.0484. The highest BCUT2D eigenvalue weighted by Gasteiger charge is 2.28. The predicted octanol–water partition coefficient (Wildman–Crippen LogP) is 0.642. The molecule has 0 aromatic carbocycles. The molecule has 88 valence electrons. The lowest BCUT2D eigenvalue weighted by Crippen LogP contribution is -2.38. The maximum absolute atomic E-state index is 11.9. The first-order valence-electron chi connectivity index (χ1n) is 5.58. The molecule has 1 fully saturated rings. The third-order valence-electron chi connectivity index (χ3n) is 2.88. The van der Waals surface area contributed by atoms with Crippen molar-refractivity contribution in [1.29, 1.82) is 0 Å². The molecule has 0 aromatic rings. The van der Waals surface area contributed by atoms with Gasteiger partial charge in [-0.2, -0.15) is 0 Å². The number of methoxy groups -OCH3 is 1. The van der Waals surface area contributed by atoms with E-state index in [0.717, 1.165) is 19.4 Å². The SMILES string of the molecule is COCC(C)CC(=O)N1CCC[C@H]1CO. The number of likely N-dealkylation sites (tertiary alicyclic amines) is 1. The van der Waals surface area contributed by atoms with Crippen molar-refractivity contribution < 1.29 is 14.6 Å². The number of rotatable bonds is 5. The van der Waals surface area contributed by atoms with Gasteiger partial charge >= 0.3 is 0 Å². The van der Waals surface area contributed by atoms with Crippen LogP contribution in [0.25, 0.3) is 0 Å². The monoisotopic (exact) mass is 215 g/mol. The van der Waals surface area contributed by atoms with Gasteiger partial charge in [-0.3, -0.25) is 4.79 Å². The van der Waals surface area contributed by atoms with Gasteiger partial charge in [-0.15, -0.1) is 0 Å². The summed E-state index contributed by atoms with van der Waals surface area (Å²) in [6.45, 7) is 3.50. The maximum Gasteiger partial charge on any atom is 0.223 e. The average molecular weight is 215 g/mol. The van der Waals surface area contributed by atoms with E-state index in [0.29, 0.717) is 13.0 Å². The molecule has 0 spiro atoms. The summed E-state index contributed by atoms with van der Waals surface area (Å²) in [4.78, 5) is 13.7. The van der Waals surface area contributed by atoms with E-state index in [-0.39, 0.29) is 24.5 Å². The fourth-order valence-corrected chi connectivity index (χ4v) is 2.11. The number of amides is 1. The van der Waals surface area contributed by atoms with Gasteiger partial charge in [-0.25, -0.2) is 0 Å². The number of ether oxygens (including phenoxy) is 1. The van der Waals surface area contributed by atoms with E-state index >= 15 is 0 Å². The largest absolute Gasteiger partial charge is 0.394 e. The molecule has 1 N–H and O–H groups in total. The molecule has 1 aliphatic rings. The van der Waals surface area contributed by atoms with E-state index < -0.39 is 0 Å². The normalized spacial score (nSPS) is 23.1. The lowest BCUT2D eigenvalue weighted by molar-refractivity contribution is -0.134. The number of aliphatic hydroxyl groups excluding tert-OH is 1. The van der Waals surface area contributed by atoms with E-state index in [1.807, 2.05) is 11.8 Å². The third kappa shape index (κ3) is 3.47. The molecule has 1 unspecified atom stereocenters. The first-order valence-corrected chi connectivity index (χ1v) is 5.58. The molecule has 0 bridgehead atoms. The van der Waals surface area contributed by atoms with Crippen molar-refractivity contribution in [3.05, 3.63) is 0 Å². The van der Waals surface area contributed by atoms with E-state index in [2.05, 4.69) is 0 Å². The molecule has 1 amide bonds. The number of hydrogen-bond donors (Lipinski definition) is 1. The van der Waals surface area contributed by atoms with Gasteiger partial charge in [0.25, 0.3) is 0 Å². The van der Waals surface area contributed by atoms with Gasteiger partial charge in [-0.1, -0.05) is 6.92 Å². The smallest absolute Gasteiger partial charge is 0.223 e. The van der Waals surface area contributed by atoms with Gasteiger partial charge in [0.15, 0.2) is 0 Å². The van der Waals surface area contributed by atoms with Crippen LogP contribution in [0.15, 0.2) is 0 Å². The fourth-order valence-electron chi connectivity index (χ4n) is 2.11. The number of carbonyl (C=O) groups is 1. The molecule has 0 aromatic heterocycles. The first kappa shape index (κ1) is 12.5. The standard InChI is InChI=1S/C11H21NO3/c1-9(8-15-2)6-11(14)12-5-3-4-10(12)7-13/h9-10,13H,3-8H2,1-2H3/t9?,10-/m0/s1. The van der Waals surface area contributed by atoms with Crippen LogP contribution >= 0.6 is 0 Å². The quantitative estimate of drug-likeness (QED) is 0.732.